The van der Waals surface area contributed by atoms with Crippen LogP contribution in [0.15, 0.2) is 47.3 Å². The number of ether oxygens (including phenoxy) is 1. The molecule has 4 rings (SSSR count). The summed E-state index contributed by atoms with van der Waals surface area (Å²) in [5, 5.41) is 11.6. The van der Waals surface area contributed by atoms with E-state index >= 15 is 0 Å². The molecule has 0 fully saturated rings. The summed E-state index contributed by atoms with van der Waals surface area (Å²) >= 11 is 1.25. The topological polar surface area (TPSA) is 91.0 Å². The molecule has 0 aliphatic heterocycles. The van der Waals surface area contributed by atoms with Crippen molar-refractivity contribution >= 4 is 33.4 Å². The minimum atomic E-state index is -2.98. The Morgan fingerprint density at radius 3 is 2.56 bits per heavy atom. The SMILES string of the molecule is Cc1nnc(NC(=O)c2ccc3c(c2)n(C(C)C)c(=O)n3-c2cccc(OC(F)F)c2)s1. The third kappa shape index (κ3) is 4.11. The number of amides is 1. The van der Waals surface area contributed by atoms with Gasteiger partial charge >= 0.3 is 12.3 Å². The van der Waals surface area contributed by atoms with Crippen LogP contribution >= 0.6 is 11.3 Å². The molecule has 4 aromatic rings. The van der Waals surface area contributed by atoms with Gasteiger partial charge < -0.3 is 4.74 Å². The van der Waals surface area contributed by atoms with Gasteiger partial charge in [-0.25, -0.2) is 4.79 Å². The molecule has 32 heavy (non-hydrogen) atoms. The normalized spacial score (nSPS) is 11.5. The lowest BCUT2D eigenvalue weighted by atomic mass is 10.1. The Balaban J connectivity index is 1.81. The molecular formula is C21H19F2N5O3S. The number of aryl methyl sites for hydroxylation is 1. The highest BCUT2D eigenvalue weighted by Gasteiger charge is 2.19. The van der Waals surface area contributed by atoms with E-state index < -0.39 is 6.61 Å². The van der Waals surface area contributed by atoms with Crippen molar-refractivity contribution in [3.63, 3.8) is 0 Å². The maximum Gasteiger partial charge on any atom is 0.387 e. The van der Waals surface area contributed by atoms with Crippen LogP contribution in [0.5, 0.6) is 5.75 Å². The highest BCUT2D eigenvalue weighted by Crippen LogP contribution is 2.25. The van der Waals surface area contributed by atoms with Crippen LogP contribution in [0.25, 0.3) is 16.7 Å². The average molecular weight is 459 g/mol. The average Bonchev–Trinajstić information content (AvgIpc) is 3.26. The smallest absolute Gasteiger partial charge is 0.387 e. The van der Waals surface area contributed by atoms with Gasteiger partial charge in [0.2, 0.25) is 5.13 Å². The van der Waals surface area contributed by atoms with Crippen LogP contribution in [0.4, 0.5) is 13.9 Å². The van der Waals surface area contributed by atoms with Crippen molar-refractivity contribution < 1.29 is 18.3 Å². The number of alkyl halides is 2. The van der Waals surface area contributed by atoms with Gasteiger partial charge in [-0.05, 0) is 51.1 Å². The Morgan fingerprint density at radius 2 is 1.91 bits per heavy atom. The van der Waals surface area contributed by atoms with Gasteiger partial charge in [0.1, 0.15) is 10.8 Å². The molecule has 0 radical (unpaired) electrons. The molecule has 11 heteroatoms. The molecule has 2 aromatic heterocycles. The van der Waals surface area contributed by atoms with E-state index in [4.69, 9.17) is 0 Å². The Morgan fingerprint density at radius 1 is 1.12 bits per heavy atom. The van der Waals surface area contributed by atoms with Crippen molar-refractivity contribution in [1.82, 2.24) is 19.3 Å². The predicted molar refractivity (Wildman–Crippen MR) is 117 cm³/mol. The summed E-state index contributed by atoms with van der Waals surface area (Å²) < 4.78 is 32.7. The van der Waals surface area contributed by atoms with Crippen LogP contribution < -0.4 is 15.7 Å². The summed E-state index contributed by atoms with van der Waals surface area (Å²) in [4.78, 5) is 26.0. The molecule has 2 heterocycles. The fraction of sp³-hybridized carbons (Fsp3) is 0.238. The zero-order valence-electron chi connectivity index (χ0n) is 17.4. The maximum atomic E-state index is 13.3. The van der Waals surface area contributed by atoms with Crippen LogP contribution in [0.2, 0.25) is 0 Å². The number of carbonyl (C=O) groups excluding carboxylic acids is 1. The molecule has 0 aliphatic carbocycles. The number of benzene rings is 2. The molecule has 166 valence electrons. The molecule has 0 atom stereocenters. The number of hydrogen-bond acceptors (Lipinski definition) is 6. The second-order valence-electron chi connectivity index (χ2n) is 7.24. The van der Waals surface area contributed by atoms with Crippen LogP contribution in [-0.2, 0) is 0 Å². The Kier molecular flexibility index (Phi) is 5.74. The van der Waals surface area contributed by atoms with E-state index in [1.165, 1.54) is 34.1 Å². The van der Waals surface area contributed by atoms with E-state index in [0.29, 0.717) is 27.4 Å². The van der Waals surface area contributed by atoms with Crippen LogP contribution in [0.1, 0.15) is 35.3 Å². The number of carbonyl (C=O) groups is 1. The molecule has 8 nitrogen and oxygen atoms in total. The molecule has 1 N–H and O–H groups in total. The summed E-state index contributed by atoms with van der Waals surface area (Å²) in [6.07, 6.45) is 0. The molecular weight excluding hydrogens is 440 g/mol. The fourth-order valence-corrected chi connectivity index (χ4v) is 4.01. The van der Waals surface area contributed by atoms with E-state index in [-0.39, 0.29) is 23.4 Å². The highest BCUT2D eigenvalue weighted by molar-refractivity contribution is 7.15. The van der Waals surface area contributed by atoms with Crippen molar-refractivity contribution in [1.29, 1.82) is 0 Å². The standard InChI is InChI=1S/C21H19F2N5O3S/c1-11(2)27-17-9-13(18(29)24-20-26-25-12(3)32-20)7-8-16(17)28(21(27)30)14-5-4-6-15(10-14)31-19(22)23/h4-11,19H,1-3H3,(H,24,26,29). The van der Waals surface area contributed by atoms with Gasteiger partial charge in [-0.3, -0.25) is 19.2 Å². The molecule has 0 spiro atoms. The number of nitrogens with zero attached hydrogens (tertiary/aromatic N) is 4. The summed E-state index contributed by atoms with van der Waals surface area (Å²) in [6, 6.07) is 10.6. The van der Waals surface area contributed by atoms with Crippen molar-refractivity contribution in [3.05, 3.63) is 63.5 Å². The van der Waals surface area contributed by atoms with Gasteiger partial charge in [-0.2, -0.15) is 8.78 Å². The van der Waals surface area contributed by atoms with E-state index in [1.54, 1.807) is 35.8 Å². The molecule has 0 saturated carbocycles. The first kappa shape index (κ1) is 21.6. The summed E-state index contributed by atoms with van der Waals surface area (Å²) in [5.41, 5.74) is 1.42. The first-order valence-corrected chi connectivity index (χ1v) is 10.5. The van der Waals surface area contributed by atoms with Crippen LogP contribution in [0, 0.1) is 6.92 Å². The van der Waals surface area contributed by atoms with Crippen molar-refractivity contribution in [2.45, 2.75) is 33.4 Å². The van der Waals surface area contributed by atoms with Gasteiger partial charge in [0.25, 0.3) is 5.91 Å². The number of aromatic nitrogens is 4. The van der Waals surface area contributed by atoms with Crippen molar-refractivity contribution in [3.8, 4) is 11.4 Å². The van der Waals surface area contributed by atoms with Crippen molar-refractivity contribution in [2.75, 3.05) is 5.32 Å². The number of fused-ring (bicyclic) bond motifs is 1. The third-order valence-electron chi connectivity index (χ3n) is 4.70. The number of rotatable bonds is 6. The highest BCUT2D eigenvalue weighted by atomic mass is 32.1. The second-order valence-corrected chi connectivity index (χ2v) is 8.42. The summed E-state index contributed by atoms with van der Waals surface area (Å²) in [5.74, 6) is -0.441. The molecule has 1 amide bonds. The third-order valence-corrected chi connectivity index (χ3v) is 5.45. The summed E-state index contributed by atoms with van der Waals surface area (Å²) in [7, 11) is 0. The fourth-order valence-electron chi connectivity index (χ4n) is 3.42. The van der Waals surface area contributed by atoms with E-state index in [0.717, 1.165) is 5.01 Å². The number of halogens is 2. The quantitative estimate of drug-likeness (QED) is 0.462. The van der Waals surface area contributed by atoms with Gasteiger partial charge in [0.15, 0.2) is 0 Å². The lowest BCUT2D eigenvalue weighted by Gasteiger charge is -2.08. The number of imidazole rings is 1. The van der Waals surface area contributed by atoms with Gasteiger partial charge in [0, 0.05) is 17.7 Å². The number of anilines is 1. The zero-order valence-corrected chi connectivity index (χ0v) is 18.2. The number of nitrogens with one attached hydrogen (secondary N) is 1. The lowest BCUT2D eigenvalue weighted by molar-refractivity contribution is -0.0498. The summed E-state index contributed by atoms with van der Waals surface area (Å²) in [6.45, 7) is 2.50. The molecule has 0 saturated heterocycles. The number of hydrogen-bond donors (Lipinski definition) is 1. The molecule has 2 aromatic carbocycles. The molecule has 0 unspecified atom stereocenters. The van der Waals surface area contributed by atoms with Crippen LogP contribution in [-0.4, -0.2) is 31.9 Å². The van der Waals surface area contributed by atoms with Crippen LogP contribution in [0.3, 0.4) is 0 Å². The van der Waals surface area contributed by atoms with Gasteiger partial charge in [-0.1, -0.05) is 17.4 Å². The Labute approximate surface area is 185 Å². The maximum absolute atomic E-state index is 13.3. The zero-order chi connectivity index (χ0) is 23.0. The largest absolute Gasteiger partial charge is 0.435 e. The van der Waals surface area contributed by atoms with Gasteiger partial charge in [0.05, 0.1) is 16.7 Å². The minimum absolute atomic E-state index is 0.0572. The monoisotopic (exact) mass is 459 g/mol. The van der Waals surface area contributed by atoms with Crippen molar-refractivity contribution in [2.24, 2.45) is 0 Å². The van der Waals surface area contributed by atoms with Gasteiger partial charge in [-0.15, -0.1) is 10.2 Å². The van der Waals surface area contributed by atoms with E-state index in [1.807, 2.05) is 13.8 Å². The second kappa shape index (κ2) is 8.50. The Hall–Kier alpha value is -3.60. The molecule has 0 aliphatic rings. The molecule has 0 bridgehead atoms. The van der Waals surface area contributed by atoms with E-state index in [9.17, 15) is 18.4 Å². The predicted octanol–water partition coefficient (Wildman–Crippen LogP) is 4.39. The first-order valence-electron chi connectivity index (χ1n) is 9.68. The first-order chi connectivity index (χ1) is 15.2. The van der Waals surface area contributed by atoms with E-state index in [2.05, 4.69) is 20.3 Å². The Bertz CT molecular complexity index is 1360. The lowest BCUT2D eigenvalue weighted by Crippen LogP contribution is -2.24. The minimum Gasteiger partial charge on any atom is -0.435 e.